The van der Waals surface area contributed by atoms with Crippen LogP contribution in [0.5, 0.6) is 0 Å². The number of furan rings is 1. The lowest BCUT2D eigenvalue weighted by Gasteiger charge is -2.29. The molecule has 0 aliphatic rings. The third-order valence-electron chi connectivity index (χ3n) is 2.27. The number of carbonyl (C=O) groups excluding carboxylic acids is 1. The number of rotatable bonds is 8. The SMILES string of the molecule is CCOP(=O)(OCC)[C@@H](c1ccco1)N(C)C=O. The molecular formula is C11H18NO5P. The van der Waals surface area contributed by atoms with E-state index in [4.69, 9.17) is 13.5 Å². The lowest BCUT2D eigenvalue weighted by molar-refractivity contribution is -0.118. The highest BCUT2D eigenvalue weighted by atomic mass is 31.2. The second-order valence-corrected chi connectivity index (χ2v) is 5.62. The Bertz CT molecular complexity index is 396. The van der Waals surface area contributed by atoms with E-state index in [1.165, 1.54) is 18.2 Å². The third kappa shape index (κ3) is 3.22. The summed E-state index contributed by atoms with van der Waals surface area (Å²) >= 11 is 0. The van der Waals surface area contributed by atoms with E-state index in [1.807, 2.05) is 0 Å². The Morgan fingerprint density at radius 2 is 2.06 bits per heavy atom. The molecule has 1 atom stereocenters. The fraction of sp³-hybridized carbons (Fsp3) is 0.545. The smallest absolute Gasteiger partial charge is 0.360 e. The summed E-state index contributed by atoms with van der Waals surface area (Å²) in [6.45, 7) is 3.87. The molecule has 1 rings (SSSR count). The van der Waals surface area contributed by atoms with Gasteiger partial charge in [0.2, 0.25) is 6.41 Å². The van der Waals surface area contributed by atoms with Gasteiger partial charge in [-0.05, 0) is 26.0 Å². The van der Waals surface area contributed by atoms with Gasteiger partial charge in [0.25, 0.3) is 0 Å². The lowest BCUT2D eigenvalue weighted by Crippen LogP contribution is -2.24. The highest BCUT2D eigenvalue weighted by Crippen LogP contribution is 2.61. The van der Waals surface area contributed by atoms with Crippen LogP contribution in [-0.2, 0) is 18.4 Å². The molecule has 0 unspecified atom stereocenters. The molecule has 0 radical (unpaired) electrons. The third-order valence-corrected chi connectivity index (χ3v) is 4.72. The van der Waals surface area contributed by atoms with Gasteiger partial charge in [0, 0.05) is 7.05 Å². The summed E-state index contributed by atoms with van der Waals surface area (Å²) in [5, 5.41) is 0. The maximum absolute atomic E-state index is 12.7. The van der Waals surface area contributed by atoms with Crippen LogP contribution in [0, 0.1) is 0 Å². The van der Waals surface area contributed by atoms with Crippen molar-refractivity contribution in [2.24, 2.45) is 0 Å². The number of carbonyl (C=O) groups is 1. The van der Waals surface area contributed by atoms with Gasteiger partial charge >= 0.3 is 7.60 Å². The van der Waals surface area contributed by atoms with Crippen LogP contribution in [0.3, 0.4) is 0 Å². The zero-order chi connectivity index (χ0) is 13.6. The minimum absolute atomic E-state index is 0.223. The van der Waals surface area contributed by atoms with E-state index in [2.05, 4.69) is 0 Å². The van der Waals surface area contributed by atoms with Crippen molar-refractivity contribution in [2.75, 3.05) is 20.3 Å². The zero-order valence-electron chi connectivity index (χ0n) is 10.7. The van der Waals surface area contributed by atoms with Gasteiger partial charge in [0.05, 0.1) is 19.5 Å². The predicted octanol–water partition coefficient (Wildman–Crippen LogP) is 2.63. The van der Waals surface area contributed by atoms with Crippen molar-refractivity contribution in [3.63, 3.8) is 0 Å². The van der Waals surface area contributed by atoms with Crippen molar-refractivity contribution in [1.82, 2.24) is 4.90 Å². The zero-order valence-corrected chi connectivity index (χ0v) is 11.6. The minimum Gasteiger partial charge on any atom is -0.466 e. The first-order valence-electron chi connectivity index (χ1n) is 5.68. The average molecular weight is 275 g/mol. The van der Waals surface area contributed by atoms with Crippen LogP contribution in [0.15, 0.2) is 22.8 Å². The fourth-order valence-electron chi connectivity index (χ4n) is 1.61. The summed E-state index contributed by atoms with van der Waals surface area (Å²) in [6, 6.07) is 3.29. The van der Waals surface area contributed by atoms with Gasteiger partial charge in [0.15, 0.2) is 5.78 Å². The van der Waals surface area contributed by atoms with E-state index in [1.54, 1.807) is 26.0 Å². The van der Waals surface area contributed by atoms with E-state index in [0.717, 1.165) is 0 Å². The Labute approximate surface area is 106 Å². The molecule has 1 aromatic heterocycles. The van der Waals surface area contributed by atoms with Crippen LogP contribution in [0.2, 0.25) is 0 Å². The van der Waals surface area contributed by atoms with Gasteiger partial charge in [-0.1, -0.05) is 0 Å². The molecule has 0 aromatic carbocycles. The molecule has 1 amide bonds. The maximum Gasteiger partial charge on any atom is 0.360 e. The molecule has 0 spiro atoms. The van der Waals surface area contributed by atoms with Crippen molar-refractivity contribution >= 4 is 14.0 Å². The van der Waals surface area contributed by atoms with Crippen LogP contribution < -0.4 is 0 Å². The lowest BCUT2D eigenvalue weighted by atomic mass is 10.4. The van der Waals surface area contributed by atoms with Gasteiger partial charge in [-0.3, -0.25) is 9.36 Å². The van der Waals surface area contributed by atoms with Crippen LogP contribution in [-0.4, -0.2) is 31.6 Å². The molecule has 102 valence electrons. The van der Waals surface area contributed by atoms with E-state index in [9.17, 15) is 9.36 Å². The quantitative estimate of drug-likeness (QED) is 0.539. The largest absolute Gasteiger partial charge is 0.466 e. The maximum atomic E-state index is 12.7. The molecule has 0 N–H and O–H groups in total. The Morgan fingerprint density at radius 1 is 1.44 bits per heavy atom. The second kappa shape index (κ2) is 6.73. The molecule has 0 aliphatic carbocycles. The van der Waals surface area contributed by atoms with Gasteiger partial charge in [-0.2, -0.15) is 0 Å². The first kappa shape index (κ1) is 15.0. The Morgan fingerprint density at radius 3 is 2.44 bits per heavy atom. The molecule has 0 fully saturated rings. The summed E-state index contributed by atoms with van der Waals surface area (Å²) < 4.78 is 28.4. The molecule has 1 heterocycles. The summed E-state index contributed by atoms with van der Waals surface area (Å²) in [5.74, 6) is -0.500. The summed E-state index contributed by atoms with van der Waals surface area (Å²) in [4.78, 5) is 12.2. The van der Waals surface area contributed by atoms with E-state index >= 15 is 0 Å². The predicted molar refractivity (Wildman–Crippen MR) is 66.1 cm³/mol. The molecular weight excluding hydrogens is 257 g/mol. The van der Waals surface area contributed by atoms with Crippen molar-refractivity contribution in [3.8, 4) is 0 Å². The monoisotopic (exact) mass is 275 g/mol. The molecule has 1 aromatic rings. The van der Waals surface area contributed by atoms with Crippen molar-refractivity contribution in [2.45, 2.75) is 19.6 Å². The van der Waals surface area contributed by atoms with Crippen molar-refractivity contribution < 1.29 is 22.8 Å². The topological polar surface area (TPSA) is 69.0 Å². The summed E-state index contributed by atoms with van der Waals surface area (Å²) in [7, 11) is -1.99. The second-order valence-electron chi connectivity index (χ2n) is 3.54. The number of amides is 1. The fourth-order valence-corrected chi connectivity index (χ4v) is 3.65. The van der Waals surface area contributed by atoms with E-state index in [0.29, 0.717) is 12.2 Å². The Balaban J connectivity index is 3.14. The van der Waals surface area contributed by atoms with Crippen LogP contribution in [0.25, 0.3) is 0 Å². The Kier molecular flexibility index (Phi) is 5.59. The summed E-state index contributed by atoms with van der Waals surface area (Å²) in [6.07, 6.45) is 2.01. The minimum atomic E-state index is -3.49. The summed E-state index contributed by atoms with van der Waals surface area (Å²) in [5.41, 5.74) is 0. The van der Waals surface area contributed by atoms with Crippen LogP contribution in [0.1, 0.15) is 25.4 Å². The molecule has 6 nitrogen and oxygen atoms in total. The molecule has 0 saturated carbocycles. The van der Waals surface area contributed by atoms with Gasteiger partial charge in [-0.15, -0.1) is 0 Å². The molecule has 0 saturated heterocycles. The van der Waals surface area contributed by atoms with Gasteiger partial charge in [0.1, 0.15) is 5.76 Å². The van der Waals surface area contributed by atoms with Gasteiger partial charge < -0.3 is 18.4 Å². The van der Waals surface area contributed by atoms with E-state index in [-0.39, 0.29) is 13.2 Å². The van der Waals surface area contributed by atoms with Crippen LogP contribution in [0.4, 0.5) is 0 Å². The van der Waals surface area contributed by atoms with E-state index < -0.39 is 13.4 Å². The highest BCUT2D eigenvalue weighted by Gasteiger charge is 2.41. The highest BCUT2D eigenvalue weighted by molar-refractivity contribution is 7.54. The molecule has 18 heavy (non-hydrogen) atoms. The number of hydrogen-bond donors (Lipinski definition) is 0. The first-order valence-corrected chi connectivity index (χ1v) is 7.29. The Hall–Kier alpha value is -1.10. The van der Waals surface area contributed by atoms with Crippen molar-refractivity contribution in [3.05, 3.63) is 24.2 Å². The standard InChI is InChI=1S/C11H18NO5P/c1-4-16-18(14,17-5-2)11(12(3)9-13)10-7-6-8-15-10/h6-9,11H,4-5H2,1-3H3/t11-/m0/s1. The number of hydrogen-bond acceptors (Lipinski definition) is 5. The van der Waals surface area contributed by atoms with Crippen molar-refractivity contribution in [1.29, 1.82) is 0 Å². The first-order chi connectivity index (χ1) is 8.59. The molecule has 0 aliphatic heterocycles. The normalized spacial score (nSPS) is 13.3. The van der Waals surface area contributed by atoms with Crippen LogP contribution >= 0.6 is 7.60 Å². The van der Waals surface area contributed by atoms with Gasteiger partial charge in [-0.25, -0.2) is 0 Å². The molecule has 0 bridgehead atoms. The number of nitrogens with zero attached hydrogens (tertiary/aromatic N) is 1. The molecule has 7 heteroatoms. The average Bonchev–Trinajstić information content (AvgIpc) is 2.83.